The number of rotatable bonds is 4. The fourth-order valence-electron chi connectivity index (χ4n) is 2.62. The van der Waals surface area contributed by atoms with Crippen molar-refractivity contribution in [3.05, 3.63) is 45.4 Å². The Kier molecular flexibility index (Phi) is 3.63. The second-order valence-electron chi connectivity index (χ2n) is 5.73. The highest BCUT2D eigenvalue weighted by Crippen LogP contribution is 2.32. The highest BCUT2D eigenvalue weighted by atomic mass is 32.1. The zero-order chi connectivity index (χ0) is 15.0. The van der Waals surface area contributed by atoms with E-state index in [1.165, 1.54) is 4.88 Å². The van der Waals surface area contributed by atoms with Gasteiger partial charge in [0.15, 0.2) is 4.77 Å². The van der Waals surface area contributed by atoms with Gasteiger partial charge in [0.1, 0.15) is 11.3 Å². The molecule has 0 radical (unpaired) electrons. The Bertz CT molecular complexity index is 813. The van der Waals surface area contributed by atoms with Crippen LogP contribution in [0.3, 0.4) is 0 Å². The number of imidazole rings is 1. The Morgan fingerprint density at radius 3 is 2.76 bits per heavy atom. The molecule has 0 saturated heterocycles. The third-order valence-corrected chi connectivity index (χ3v) is 5.29. The largest absolute Gasteiger partial charge is 0.494 e. The van der Waals surface area contributed by atoms with Crippen molar-refractivity contribution in [1.29, 1.82) is 0 Å². The molecule has 1 aromatic carbocycles. The number of H-pyrrole nitrogens is 1. The minimum Gasteiger partial charge on any atom is -0.494 e. The first-order valence-electron chi connectivity index (χ1n) is 6.82. The van der Waals surface area contributed by atoms with Crippen LogP contribution in [0.2, 0.25) is 0 Å². The third-order valence-electron chi connectivity index (χ3n) is 3.73. The number of nitrogens with one attached hydrogen (secondary N) is 1. The first-order valence-corrected chi connectivity index (χ1v) is 8.11. The van der Waals surface area contributed by atoms with Crippen LogP contribution in [0.5, 0.6) is 5.75 Å². The zero-order valence-electron chi connectivity index (χ0n) is 12.3. The van der Waals surface area contributed by atoms with E-state index in [2.05, 4.69) is 47.0 Å². The molecule has 3 rings (SSSR count). The molecule has 0 atom stereocenters. The van der Waals surface area contributed by atoms with Crippen LogP contribution in [0.25, 0.3) is 11.0 Å². The standard InChI is InChI=1S/C16H18N2OS2/c1-16(2,13-8-5-9-21-13)10-18-11-6-4-7-12(19-3)14(11)17-15(18)20/h4-9H,10H2,1-3H3,(H,17,20). The molecule has 0 fully saturated rings. The van der Waals surface area contributed by atoms with Gasteiger partial charge in [0.2, 0.25) is 0 Å². The Morgan fingerprint density at radius 1 is 1.29 bits per heavy atom. The topological polar surface area (TPSA) is 29.9 Å². The van der Waals surface area contributed by atoms with E-state index in [0.29, 0.717) is 0 Å². The lowest BCUT2D eigenvalue weighted by atomic mass is 9.91. The first kappa shape index (κ1) is 14.4. The maximum Gasteiger partial charge on any atom is 0.178 e. The van der Waals surface area contributed by atoms with E-state index in [9.17, 15) is 0 Å². The normalized spacial score (nSPS) is 12.0. The predicted molar refractivity (Wildman–Crippen MR) is 91.0 cm³/mol. The number of fused-ring (bicyclic) bond motifs is 1. The lowest BCUT2D eigenvalue weighted by molar-refractivity contribution is 0.419. The Hall–Kier alpha value is -1.59. The average molecular weight is 318 g/mol. The Morgan fingerprint density at radius 2 is 2.10 bits per heavy atom. The van der Waals surface area contributed by atoms with Gasteiger partial charge in [0.25, 0.3) is 0 Å². The summed E-state index contributed by atoms with van der Waals surface area (Å²) < 4.78 is 8.30. The number of hydrogen-bond acceptors (Lipinski definition) is 3. The number of benzene rings is 1. The number of aromatic amines is 1. The summed E-state index contributed by atoms with van der Waals surface area (Å²) in [6.45, 7) is 5.33. The molecule has 0 unspecified atom stereocenters. The summed E-state index contributed by atoms with van der Waals surface area (Å²) in [7, 11) is 1.68. The van der Waals surface area contributed by atoms with Crippen molar-refractivity contribution in [2.75, 3.05) is 7.11 Å². The van der Waals surface area contributed by atoms with E-state index in [4.69, 9.17) is 17.0 Å². The SMILES string of the molecule is COc1cccc2c1[nH]c(=S)n2CC(C)(C)c1cccs1. The second-order valence-corrected chi connectivity index (χ2v) is 7.07. The maximum absolute atomic E-state index is 5.51. The zero-order valence-corrected chi connectivity index (χ0v) is 14.0. The molecule has 0 aliphatic heterocycles. The molecule has 3 nitrogen and oxygen atoms in total. The number of aromatic nitrogens is 2. The van der Waals surface area contributed by atoms with Crippen LogP contribution in [0.4, 0.5) is 0 Å². The molecule has 3 aromatic rings. The summed E-state index contributed by atoms with van der Waals surface area (Å²) in [4.78, 5) is 4.63. The molecule has 21 heavy (non-hydrogen) atoms. The summed E-state index contributed by atoms with van der Waals surface area (Å²) in [6, 6.07) is 10.3. The van der Waals surface area contributed by atoms with Gasteiger partial charge in [-0.15, -0.1) is 11.3 Å². The molecular formula is C16H18N2OS2. The lowest BCUT2D eigenvalue weighted by Crippen LogP contribution is -2.23. The average Bonchev–Trinajstić information content (AvgIpc) is 3.08. The van der Waals surface area contributed by atoms with Crippen LogP contribution in [0, 0.1) is 4.77 Å². The molecule has 0 bridgehead atoms. The minimum atomic E-state index is 0.0323. The van der Waals surface area contributed by atoms with Gasteiger partial charge >= 0.3 is 0 Å². The quantitative estimate of drug-likeness (QED) is 0.704. The minimum absolute atomic E-state index is 0.0323. The summed E-state index contributed by atoms with van der Waals surface area (Å²) in [5.74, 6) is 0.825. The predicted octanol–water partition coefficient (Wildman–Crippen LogP) is 4.75. The summed E-state index contributed by atoms with van der Waals surface area (Å²) >= 11 is 7.30. The van der Waals surface area contributed by atoms with Crippen LogP contribution < -0.4 is 4.74 Å². The van der Waals surface area contributed by atoms with Crippen LogP contribution in [0.15, 0.2) is 35.7 Å². The molecule has 0 saturated carbocycles. The fourth-order valence-corrected chi connectivity index (χ4v) is 3.73. The van der Waals surface area contributed by atoms with Gasteiger partial charge in [-0.1, -0.05) is 26.0 Å². The molecule has 2 heterocycles. The molecule has 0 aliphatic rings. The van der Waals surface area contributed by atoms with E-state index in [0.717, 1.165) is 28.1 Å². The fraction of sp³-hybridized carbons (Fsp3) is 0.312. The van der Waals surface area contributed by atoms with E-state index < -0.39 is 0 Å². The smallest absolute Gasteiger partial charge is 0.178 e. The van der Waals surface area contributed by atoms with Gasteiger partial charge in [0.05, 0.1) is 12.6 Å². The molecule has 0 aliphatic carbocycles. The van der Waals surface area contributed by atoms with E-state index in [1.807, 2.05) is 12.1 Å². The molecule has 5 heteroatoms. The van der Waals surface area contributed by atoms with E-state index in [-0.39, 0.29) is 5.41 Å². The molecule has 110 valence electrons. The van der Waals surface area contributed by atoms with Crippen LogP contribution >= 0.6 is 23.6 Å². The third kappa shape index (κ3) is 2.51. The van der Waals surface area contributed by atoms with Crippen molar-refractivity contribution >= 4 is 34.6 Å². The maximum atomic E-state index is 5.51. The van der Waals surface area contributed by atoms with Gasteiger partial charge in [0, 0.05) is 16.8 Å². The monoisotopic (exact) mass is 318 g/mol. The van der Waals surface area contributed by atoms with Crippen molar-refractivity contribution < 1.29 is 4.74 Å². The molecular weight excluding hydrogens is 300 g/mol. The second kappa shape index (κ2) is 5.31. The highest BCUT2D eigenvalue weighted by molar-refractivity contribution is 7.71. The summed E-state index contributed by atoms with van der Waals surface area (Å²) in [6.07, 6.45) is 0. The van der Waals surface area contributed by atoms with E-state index in [1.54, 1.807) is 18.4 Å². The van der Waals surface area contributed by atoms with Crippen molar-refractivity contribution in [1.82, 2.24) is 9.55 Å². The molecule has 0 amide bonds. The Labute approximate surface area is 133 Å². The molecule has 2 aromatic heterocycles. The van der Waals surface area contributed by atoms with Gasteiger partial charge in [-0.2, -0.15) is 0 Å². The van der Waals surface area contributed by atoms with Crippen LogP contribution in [0.1, 0.15) is 18.7 Å². The van der Waals surface area contributed by atoms with Gasteiger partial charge < -0.3 is 14.3 Å². The van der Waals surface area contributed by atoms with Crippen molar-refractivity contribution in [3.8, 4) is 5.75 Å². The van der Waals surface area contributed by atoms with Crippen molar-refractivity contribution in [2.45, 2.75) is 25.8 Å². The molecule has 0 spiro atoms. The van der Waals surface area contributed by atoms with E-state index >= 15 is 0 Å². The number of nitrogens with zero attached hydrogens (tertiary/aromatic N) is 1. The molecule has 1 N–H and O–H groups in total. The van der Waals surface area contributed by atoms with Gasteiger partial charge in [-0.25, -0.2) is 0 Å². The number of thiophene rings is 1. The number of hydrogen-bond donors (Lipinski definition) is 1. The number of methoxy groups -OCH3 is 1. The summed E-state index contributed by atoms with van der Waals surface area (Å²) in [5, 5.41) is 2.12. The Balaban J connectivity index is 2.09. The highest BCUT2D eigenvalue weighted by Gasteiger charge is 2.24. The summed E-state index contributed by atoms with van der Waals surface area (Å²) in [5.41, 5.74) is 2.08. The van der Waals surface area contributed by atoms with Crippen LogP contribution in [-0.4, -0.2) is 16.7 Å². The number of para-hydroxylation sites is 1. The van der Waals surface area contributed by atoms with Gasteiger partial charge in [-0.05, 0) is 35.8 Å². The van der Waals surface area contributed by atoms with Crippen molar-refractivity contribution in [2.24, 2.45) is 0 Å². The lowest BCUT2D eigenvalue weighted by Gasteiger charge is -2.24. The number of ether oxygens (including phenoxy) is 1. The van der Waals surface area contributed by atoms with Crippen molar-refractivity contribution in [3.63, 3.8) is 0 Å². The van der Waals surface area contributed by atoms with Gasteiger partial charge in [-0.3, -0.25) is 0 Å². The first-order chi connectivity index (χ1) is 10.0. The van der Waals surface area contributed by atoms with Crippen LogP contribution in [-0.2, 0) is 12.0 Å².